The molecular formula is C14H17NO2. The third-order valence-electron chi connectivity index (χ3n) is 3.34. The Balaban J connectivity index is 1.67. The highest BCUT2D eigenvalue weighted by Crippen LogP contribution is 2.27. The summed E-state index contributed by atoms with van der Waals surface area (Å²) in [4.78, 5) is 12.1. The maximum atomic E-state index is 12.1. The van der Waals surface area contributed by atoms with Crippen molar-refractivity contribution in [2.45, 2.75) is 37.8 Å². The Hall–Kier alpha value is -1.35. The van der Waals surface area contributed by atoms with Crippen LogP contribution in [0.25, 0.3) is 0 Å². The Bertz CT molecular complexity index is 403. The summed E-state index contributed by atoms with van der Waals surface area (Å²) in [6.07, 6.45) is 4.78. The van der Waals surface area contributed by atoms with Crippen molar-refractivity contribution in [2.24, 2.45) is 0 Å². The summed E-state index contributed by atoms with van der Waals surface area (Å²) in [5.41, 5.74) is 0.785. The molecule has 0 spiro atoms. The molecule has 1 saturated heterocycles. The number of carbonyl (C=O) groups excluding carboxylic acids is 1. The molecule has 1 unspecified atom stereocenters. The Labute approximate surface area is 101 Å². The zero-order valence-electron chi connectivity index (χ0n) is 9.82. The number of Topliss-reactive ketones (excluding diaryl/α,β-unsaturated/α-hetero) is 1. The van der Waals surface area contributed by atoms with Gasteiger partial charge in [0.05, 0.1) is 12.1 Å². The Morgan fingerprint density at radius 1 is 1.18 bits per heavy atom. The molecule has 0 amide bonds. The number of ketones is 1. The van der Waals surface area contributed by atoms with Gasteiger partial charge in [0.15, 0.2) is 5.78 Å². The lowest BCUT2D eigenvalue weighted by Gasteiger charge is -2.09. The second-order valence-corrected chi connectivity index (χ2v) is 4.85. The van der Waals surface area contributed by atoms with Crippen LogP contribution in [0.4, 0.5) is 0 Å². The lowest BCUT2D eigenvalue weighted by molar-refractivity contribution is 0.0952. The lowest BCUT2D eigenvalue weighted by Crippen LogP contribution is -2.30. The molecule has 3 nitrogen and oxygen atoms in total. The van der Waals surface area contributed by atoms with E-state index in [9.17, 15) is 4.79 Å². The predicted molar refractivity (Wildman–Crippen MR) is 65.4 cm³/mol. The molecule has 3 rings (SSSR count). The highest BCUT2D eigenvalue weighted by molar-refractivity contribution is 6.00. The third-order valence-corrected chi connectivity index (χ3v) is 3.34. The van der Waals surface area contributed by atoms with Gasteiger partial charge in [-0.15, -0.1) is 0 Å². The van der Waals surface area contributed by atoms with Crippen LogP contribution in [0.3, 0.4) is 0 Å². The Kier molecular flexibility index (Phi) is 2.85. The molecule has 2 aliphatic rings. The standard InChI is InChI=1S/C14H17NO2/c16-14(13-2-1-9-15-13)10-3-5-11(6-4-10)17-12-7-8-12/h3-6,12-13,15H,1-2,7-9H2. The number of hydrogen-bond donors (Lipinski definition) is 1. The molecule has 1 saturated carbocycles. The van der Waals surface area contributed by atoms with Gasteiger partial charge in [0.1, 0.15) is 5.75 Å². The van der Waals surface area contributed by atoms with E-state index in [4.69, 9.17) is 4.74 Å². The number of nitrogens with one attached hydrogen (secondary N) is 1. The molecule has 1 atom stereocenters. The maximum absolute atomic E-state index is 12.1. The molecule has 1 aliphatic carbocycles. The highest BCUT2D eigenvalue weighted by atomic mass is 16.5. The van der Waals surface area contributed by atoms with Crippen LogP contribution in [0, 0.1) is 0 Å². The summed E-state index contributed by atoms with van der Waals surface area (Å²) in [6, 6.07) is 7.58. The monoisotopic (exact) mass is 231 g/mol. The van der Waals surface area contributed by atoms with E-state index < -0.39 is 0 Å². The summed E-state index contributed by atoms with van der Waals surface area (Å²) in [6.45, 7) is 0.958. The fourth-order valence-corrected chi connectivity index (χ4v) is 2.19. The van der Waals surface area contributed by atoms with Crippen molar-refractivity contribution in [3.63, 3.8) is 0 Å². The largest absolute Gasteiger partial charge is 0.490 e. The first-order valence-electron chi connectivity index (χ1n) is 6.37. The SMILES string of the molecule is O=C(c1ccc(OC2CC2)cc1)C1CCCN1. The van der Waals surface area contributed by atoms with Crippen molar-refractivity contribution in [1.29, 1.82) is 0 Å². The van der Waals surface area contributed by atoms with E-state index in [1.165, 1.54) is 0 Å². The lowest BCUT2D eigenvalue weighted by atomic mass is 10.0. The molecule has 17 heavy (non-hydrogen) atoms. The van der Waals surface area contributed by atoms with Gasteiger partial charge in [-0.05, 0) is 56.5 Å². The van der Waals surface area contributed by atoms with Crippen molar-refractivity contribution in [3.8, 4) is 5.75 Å². The van der Waals surface area contributed by atoms with E-state index >= 15 is 0 Å². The molecule has 0 radical (unpaired) electrons. The van der Waals surface area contributed by atoms with Gasteiger partial charge in [-0.3, -0.25) is 4.79 Å². The van der Waals surface area contributed by atoms with E-state index in [2.05, 4.69) is 5.32 Å². The summed E-state index contributed by atoms with van der Waals surface area (Å²) < 4.78 is 5.66. The van der Waals surface area contributed by atoms with E-state index in [0.717, 1.165) is 43.5 Å². The molecule has 0 bridgehead atoms. The van der Waals surface area contributed by atoms with Crippen LogP contribution in [0.5, 0.6) is 5.75 Å². The van der Waals surface area contributed by atoms with Crippen LogP contribution in [0.15, 0.2) is 24.3 Å². The van der Waals surface area contributed by atoms with Gasteiger partial charge in [0, 0.05) is 5.56 Å². The second kappa shape index (κ2) is 4.49. The molecule has 1 aliphatic heterocycles. The average molecular weight is 231 g/mol. The van der Waals surface area contributed by atoms with Gasteiger partial charge in [-0.25, -0.2) is 0 Å². The van der Waals surface area contributed by atoms with Crippen LogP contribution >= 0.6 is 0 Å². The van der Waals surface area contributed by atoms with E-state index in [1.807, 2.05) is 24.3 Å². The van der Waals surface area contributed by atoms with E-state index in [-0.39, 0.29) is 11.8 Å². The van der Waals surface area contributed by atoms with Crippen LogP contribution in [0.2, 0.25) is 0 Å². The fourth-order valence-electron chi connectivity index (χ4n) is 2.19. The van der Waals surface area contributed by atoms with Gasteiger partial charge in [-0.1, -0.05) is 0 Å². The van der Waals surface area contributed by atoms with Crippen molar-refractivity contribution >= 4 is 5.78 Å². The number of rotatable bonds is 4. The third kappa shape index (κ3) is 2.50. The normalized spacial score (nSPS) is 23.6. The zero-order chi connectivity index (χ0) is 11.7. The highest BCUT2D eigenvalue weighted by Gasteiger charge is 2.25. The first-order valence-corrected chi connectivity index (χ1v) is 6.37. The minimum absolute atomic E-state index is 0.0187. The molecule has 1 aromatic carbocycles. The first kappa shape index (κ1) is 10.8. The van der Waals surface area contributed by atoms with Crippen molar-refractivity contribution in [1.82, 2.24) is 5.32 Å². The predicted octanol–water partition coefficient (Wildman–Crippen LogP) is 2.16. The van der Waals surface area contributed by atoms with Crippen LogP contribution in [-0.4, -0.2) is 24.5 Å². The molecule has 3 heteroatoms. The molecule has 2 fully saturated rings. The van der Waals surface area contributed by atoms with Crippen molar-refractivity contribution in [2.75, 3.05) is 6.54 Å². The Morgan fingerprint density at radius 2 is 1.94 bits per heavy atom. The van der Waals surface area contributed by atoms with E-state index in [1.54, 1.807) is 0 Å². The van der Waals surface area contributed by atoms with Gasteiger partial charge < -0.3 is 10.1 Å². The molecule has 0 aromatic heterocycles. The number of hydrogen-bond acceptors (Lipinski definition) is 3. The number of carbonyl (C=O) groups is 1. The molecule has 1 N–H and O–H groups in total. The van der Waals surface area contributed by atoms with Crippen molar-refractivity contribution in [3.05, 3.63) is 29.8 Å². The minimum Gasteiger partial charge on any atom is -0.490 e. The molecule has 1 aromatic rings. The maximum Gasteiger partial charge on any atom is 0.179 e. The molecule has 1 heterocycles. The van der Waals surface area contributed by atoms with Crippen molar-refractivity contribution < 1.29 is 9.53 Å². The summed E-state index contributed by atoms with van der Waals surface area (Å²) in [5.74, 6) is 1.09. The van der Waals surface area contributed by atoms with Crippen LogP contribution in [0.1, 0.15) is 36.0 Å². The Morgan fingerprint density at radius 3 is 2.53 bits per heavy atom. The molecule has 90 valence electrons. The summed E-state index contributed by atoms with van der Waals surface area (Å²) >= 11 is 0. The van der Waals surface area contributed by atoms with Gasteiger partial charge in [0.2, 0.25) is 0 Å². The number of ether oxygens (including phenoxy) is 1. The molecular weight excluding hydrogens is 214 g/mol. The van der Waals surface area contributed by atoms with Crippen LogP contribution in [-0.2, 0) is 0 Å². The second-order valence-electron chi connectivity index (χ2n) is 4.85. The number of benzene rings is 1. The van der Waals surface area contributed by atoms with Gasteiger partial charge >= 0.3 is 0 Å². The summed E-state index contributed by atoms with van der Waals surface area (Å²) in [5, 5.41) is 3.23. The average Bonchev–Trinajstić information content (AvgIpc) is 3.00. The fraction of sp³-hybridized carbons (Fsp3) is 0.500. The first-order chi connectivity index (χ1) is 8.33. The summed E-state index contributed by atoms with van der Waals surface area (Å²) in [7, 11) is 0. The zero-order valence-corrected chi connectivity index (χ0v) is 9.82. The van der Waals surface area contributed by atoms with E-state index in [0.29, 0.717) is 6.10 Å². The van der Waals surface area contributed by atoms with Gasteiger partial charge in [0.25, 0.3) is 0 Å². The van der Waals surface area contributed by atoms with Gasteiger partial charge in [-0.2, -0.15) is 0 Å². The topological polar surface area (TPSA) is 38.3 Å². The van der Waals surface area contributed by atoms with Crippen LogP contribution < -0.4 is 10.1 Å². The smallest absolute Gasteiger partial charge is 0.179 e. The quantitative estimate of drug-likeness (QED) is 0.807. The minimum atomic E-state index is 0.0187.